The van der Waals surface area contributed by atoms with E-state index < -0.39 is 0 Å². The molecule has 0 atom stereocenters. The standard InChI is InChI=1S/C8H14N2S/c1-4-8-10-6(2)7(11-8)5-9-3/h9H,4-5H2,1-3H3. The largest absolute Gasteiger partial charge is 0.315 e. The van der Waals surface area contributed by atoms with Gasteiger partial charge in [-0.2, -0.15) is 0 Å². The molecule has 0 aliphatic carbocycles. The fourth-order valence-corrected chi connectivity index (χ4v) is 1.99. The molecule has 0 amide bonds. The van der Waals surface area contributed by atoms with E-state index in [1.54, 1.807) is 0 Å². The second-order valence-corrected chi connectivity index (χ2v) is 3.67. The Labute approximate surface area is 71.7 Å². The van der Waals surface area contributed by atoms with Crippen LogP contribution in [0.3, 0.4) is 0 Å². The van der Waals surface area contributed by atoms with Crippen LogP contribution in [0.5, 0.6) is 0 Å². The SMILES string of the molecule is CCc1nc(C)c(CNC)s1. The van der Waals surface area contributed by atoms with Crippen molar-refractivity contribution in [2.75, 3.05) is 7.05 Å². The smallest absolute Gasteiger partial charge is 0.0928 e. The van der Waals surface area contributed by atoms with E-state index in [-0.39, 0.29) is 0 Å². The third kappa shape index (κ3) is 2.01. The summed E-state index contributed by atoms with van der Waals surface area (Å²) in [6.45, 7) is 5.16. The lowest BCUT2D eigenvalue weighted by Crippen LogP contribution is -2.04. The molecule has 62 valence electrons. The Hall–Kier alpha value is -0.410. The summed E-state index contributed by atoms with van der Waals surface area (Å²) in [5.41, 5.74) is 1.18. The predicted octanol–water partition coefficient (Wildman–Crippen LogP) is 1.73. The van der Waals surface area contributed by atoms with Crippen LogP contribution in [0.15, 0.2) is 0 Å². The maximum absolute atomic E-state index is 4.43. The van der Waals surface area contributed by atoms with Crippen LogP contribution in [0.1, 0.15) is 22.5 Å². The molecule has 0 aliphatic rings. The Morgan fingerprint density at radius 1 is 1.55 bits per heavy atom. The highest BCUT2D eigenvalue weighted by atomic mass is 32.1. The van der Waals surface area contributed by atoms with Crippen molar-refractivity contribution in [2.45, 2.75) is 26.8 Å². The molecule has 3 heteroatoms. The van der Waals surface area contributed by atoms with Crippen LogP contribution < -0.4 is 5.32 Å². The van der Waals surface area contributed by atoms with Gasteiger partial charge in [-0.25, -0.2) is 4.98 Å². The first-order chi connectivity index (χ1) is 5.27. The molecule has 1 heterocycles. The van der Waals surface area contributed by atoms with Crippen molar-refractivity contribution in [3.05, 3.63) is 15.6 Å². The van der Waals surface area contributed by atoms with Crippen molar-refractivity contribution in [3.8, 4) is 0 Å². The highest BCUT2D eigenvalue weighted by molar-refractivity contribution is 7.11. The molecule has 0 unspecified atom stereocenters. The maximum Gasteiger partial charge on any atom is 0.0928 e. The lowest BCUT2D eigenvalue weighted by atomic mass is 10.4. The Morgan fingerprint density at radius 3 is 2.73 bits per heavy atom. The fourth-order valence-electron chi connectivity index (χ4n) is 0.964. The van der Waals surface area contributed by atoms with E-state index in [0.717, 1.165) is 13.0 Å². The molecular formula is C8H14N2S. The second kappa shape index (κ2) is 3.83. The average molecular weight is 170 g/mol. The molecule has 1 rings (SSSR count). The van der Waals surface area contributed by atoms with Crippen LogP contribution >= 0.6 is 11.3 Å². The summed E-state index contributed by atoms with van der Waals surface area (Å²) in [7, 11) is 1.96. The quantitative estimate of drug-likeness (QED) is 0.747. The van der Waals surface area contributed by atoms with Gasteiger partial charge < -0.3 is 5.32 Å². The number of aromatic nitrogens is 1. The van der Waals surface area contributed by atoms with E-state index in [0.29, 0.717) is 0 Å². The summed E-state index contributed by atoms with van der Waals surface area (Å²) in [6.07, 6.45) is 1.05. The van der Waals surface area contributed by atoms with Gasteiger partial charge >= 0.3 is 0 Å². The molecule has 1 aromatic rings. The van der Waals surface area contributed by atoms with Crippen molar-refractivity contribution in [1.29, 1.82) is 0 Å². The number of aryl methyl sites for hydroxylation is 2. The topological polar surface area (TPSA) is 24.9 Å². The van der Waals surface area contributed by atoms with Gasteiger partial charge in [0.1, 0.15) is 0 Å². The molecule has 0 radical (unpaired) electrons. The predicted molar refractivity (Wildman–Crippen MR) is 49.0 cm³/mol. The third-order valence-electron chi connectivity index (χ3n) is 1.58. The molecular weight excluding hydrogens is 156 g/mol. The van der Waals surface area contributed by atoms with Crippen molar-refractivity contribution in [1.82, 2.24) is 10.3 Å². The van der Waals surface area contributed by atoms with Gasteiger partial charge in [-0.3, -0.25) is 0 Å². The minimum absolute atomic E-state index is 0.948. The van der Waals surface area contributed by atoms with E-state index >= 15 is 0 Å². The minimum Gasteiger partial charge on any atom is -0.315 e. The molecule has 0 aromatic carbocycles. The number of nitrogens with one attached hydrogen (secondary N) is 1. The van der Waals surface area contributed by atoms with Crippen LogP contribution in [0.25, 0.3) is 0 Å². The summed E-state index contributed by atoms with van der Waals surface area (Å²) >= 11 is 1.81. The molecule has 1 N–H and O–H groups in total. The first kappa shape index (κ1) is 8.68. The molecule has 0 fully saturated rings. The minimum atomic E-state index is 0.948. The summed E-state index contributed by atoms with van der Waals surface area (Å²) in [6, 6.07) is 0. The van der Waals surface area contributed by atoms with Gasteiger partial charge in [0.25, 0.3) is 0 Å². The third-order valence-corrected chi connectivity index (χ3v) is 2.88. The summed E-state index contributed by atoms with van der Waals surface area (Å²) in [5.74, 6) is 0. The molecule has 0 spiro atoms. The molecule has 0 saturated carbocycles. The Kier molecular flexibility index (Phi) is 3.02. The maximum atomic E-state index is 4.43. The second-order valence-electron chi connectivity index (χ2n) is 2.50. The van der Waals surface area contributed by atoms with E-state index in [1.165, 1.54) is 15.6 Å². The molecule has 0 saturated heterocycles. The van der Waals surface area contributed by atoms with Gasteiger partial charge in [-0.1, -0.05) is 6.92 Å². The van der Waals surface area contributed by atoms with Gasteiger partial charge in [-0.05, 0) is 20.4 Å². The van der Waals surface area contributed by atoms with Crippen molar-refractivity contribution < 1.29 is 0 Å². The summed E-state index contributed by atoms with van der Waals surface area (Å²) < 4.78 is 0. The van der Waals surface area contributed by atoms with E-state index in [1.807, 2.05) is 18.4 Å². The Morgan fingerprint density at radius 2 is 2.27 bits per heavy atom. The van der Waals surface area contributed by atoms with Crippen molar-refractivity contribution >= 4 is 11.3 Å². The number of rotatable bonds is 3. The lowest BCUT2D eigenvalue weighted by molar-refractivity contribution is 0.822. The van der Waals surface area contributed by atoms with Crippen LogP contribution in [0, 0.1) is 6.92 Å². The van der Waals surface area contributed by atoms with Gasteiger partial charge in [0.15, 0.2) is 0 Å². The Bertz CT molecular complexity index is 230. The monoisotopic (exact) mass is 170 g/mol. The fraction of sp³-hybridized carbons (Fsp3) is 0.625. The zero-order chi connectivity index (χ0) is 8.27. The highest BCUT2D eigenvalue weighted by Gasteiger charge is 2.03. The van der Waals surface area contributed by atoms with Crippen molar-refractivity contribution in [2.24, 2.45) is 0 Å². The normalized spacial score (nSPS) is 10.5. The van der Waals surface area contributed by atoms with Crippen LogP contribution in [-0.2, 0) is 13.0 Å². The first-order valence-corrected chi connectivity index (χ1v) is 4.69. The average Bonchev–Trinajstić information content (AvgIpc) is 2.33. The number of hydrogen-bond acceptors (Lipinski definition) is 3. The molecule has 11 heavy (non-hydrogen) atoms. The number of hydrogen-bond donors (Lipinski definition) is 1. The van der Waals surface area contributed by atoms with Gasteiger partial charge in [0.05, 0.1) is 10.7 Å². The molecule has 0 aliphatic heterocycles. The zero-order valence-corrected chi connectivity index (χ0v) is 8.09. The van der Waals surface area contributed by atoms with Crippen LogP contribution in [0.2, 0.25) is 0 Å². The molecule has 2 nitrogen and oxygen atoms in total. The Balaban J connectivity index is 2.79. The summed E-state index contributed by atoms with van der Waals surface area (Å²) in [4.78, 5) is 5.79. The van der Waals surface area contributed by atoms with E-state index in [4.69, 9.17) is 0 Å². The van der Waals surface area contributed by atoms with Crippen molar-refractivity contribution in [3.63, 3.8) is 0 Å². The highest BCUT2D eigenvalue weighted by Crippen LogP contribution is 2.17. The van der Waals surface area contributed by atoms with E-state index in [9.17, 15) is 0 Å². The van der Waals surface area contributed by atoms with Crippen LogP contribution in [-0.4, -0.2) is 12.0 Å². The van der Waals surface area contributed by atoms with Gasteiger partial charge in [-0.15, -0.1) is 11.3 Å². The number of nitrogens with zero attached hydrogens (tertiary/aromatic N) is 1. The zero-order valence-electron chi connectivity index (χ0n) is 7.27. The van der Waals surface area contributed by atoms with E-state index in [2.05, 4.69) is 24.1 Å². The summed E-state index contributed by atoms with van der Waals surface area (Å²) in [5, 5.41) is 4.38. The van der Waals surface area contributed by atoms with Gasteiger partial charge in [0, 0.05) is 11.4 Å². The number of thiazole rings is 1. The molecule has 1 aromatic heterocycles. The lowest BCUT2D eigenvalue weighted by Gasteiger charge is -1.93. The van der Waals surface area contributed by atoms with Gasteiger partial charge in [0.2, 0.25) is 0 Å². The molecule has 0 bridgehead atoms. The first-order valence-electron chi connectivity index (χ1n) is 3.87. The van der Waals surface area contributed by atoms with Crippen LogP contribution in [0.4, 0.5) is 0 Å².